The maximum absolute atomic E-state index is 12.4. The minimum Gasteiger partial charge on any atom is -0.378 e. The van der Waals surface area contributed by atoms with Gasteiger partial charge in [0.1, 0.15) is 0 Å². The van der Waals surface area contributed by atoms with Crippen molar-refractivity contribution in [3.8, 4) is 0 Å². The van der Waals surface area contributed by atoms with Crippen LogP contribution < -0.4 is 5.32 Å². The standard InChI is InChI=1S/C17H20N2O2/c20-16(8-12-21-14-6-10-18-11-7-14)15-5-1-3-13-4-2-9-19-17(13)15/h1-5,9,14,18H,6-8,10-12H2. The third-order valence-corrected chi connectivity index (χ3v) is 3.90. The van der Waals surface area contributed by atoms with Gasteiger partial charge in [-0.1, -0.05) is 18.2 Å². The number of ether oxygens (including phenoxy) is 1. The van der Waals surface area contributed by atoms with Crippen LogP contribution >= 0.6 is 0 Å². The van der Waals surface area contributed by atoms with Crippen LogP contribution in [0.4, 0.5) is 0 Å². The lowest BCUT2D eigenvalue weighted by atomic mass is 10.0. The predicted octanol–water partition coefficient (Wildman–Crippen LogP) is 2.58. The van der Waals surface area contributed by atoms with Gasteiger partial charge in [-0.15, -0.1) is 0 Å². The van der Waals surface area contributed by atoms with Gasteiger partial charge in [0, 0.05) is 23.6 Å². The van der Waals surface area contributed by atoms with Crippen LogP contribution in [0.1, 0.15) is 29.6 Å². The fraction of sp³-hybridized carbons (Fsp3) is 0.412. The maximum Gasteiger partial charge on any atom is 0.167 e. The Bertz CT molecular complexity index is 616. The molecule has 4 heteroatoms. The smallest absolute Gasteiger partial charge is 0.167 e. The number of fused-ring (bicyclic) bond motifs is 1. The average molecular weight is 284 g/mol. The van der Waals surface area contributed by atoms with Gasteiger partial charge in [-0.05, 0) is 38.1 Å². The summed E-state index contributed by atoms with van der Waals surface area (Å²) in [5, 5.41) is 4.31. The molecule has 0 aliphatic carbocycles. The first-order valence-electron chi connectivity index (χ1n) is 7.54. The normalized spacial score (nSPS) is 16.2. The van der Waals surface area contributed by atoms with Gasteiger partial charge in [0.2, 0.25) is 0 Å². The van der Waals surface area contributed by atoms with Crippen molar-refractivity contribution >= 4 is 16.7 Å². The molecule has 21 heavy (non-hydrogen) atoms. The molecule has 0 unspecified atom stereocenters. The number of ketones is 1. The second-order valence-corrected chi connectivity index (χ2v) is 5.37. The third kappa shape index (κ3) is 3.46. The molecular weight excluding hydrogens is 264 g/mol. The van der Waals surface area contributed by atoms with Crippen LogP contribution in [0.3, 0.4) is 0 Å². The second kappa shape index (κ2) is 6.78. The lowest BCUT2D eigenvalue weighted by Gasteiger charge is -2.22. The molecule has 1 saturated heterocycles. The third-order valence-electron chi connectivity index (χ3n) is 3.90. The summed E-state index contributed by atoms with van der Waals surface area (Å²) in [5.74, 6) is 0.105. The summed E-state index contributed by atoms with van der Waals surface area (Å²) in [6, 6.07) is 9.60. The van der Waals surface area contributed by atoms with E-state index in [9.17, 15) is 4.79 Å². The minimum absolute atomic E-state index is 0.105. The van der Waals surface area contributed by atoms with E-state index >= 15 is 0 Å². The number of Topliss-reactive ketones (excluding diaryl/α,β-unsaturated/α-hetero) is 1. The highest BCUT2D eigenvalue weighted by molar-refractivity contribution is 6.06. The molecule has 1 aromatic heterocycles. The molecular formula is C17H20N2O2. The predicted molar refractivity (Wildman–Crippen MR) is 82.5 cm³/mol. The first-order valence-corrected chi connectivity index (χ1v) is 7.54. The van der Waals surface area contributed by atoms with Crippen LogP contribution in [0.5, 0.6) is 0 Å². The molecule has 110 valence electrons. The zero-order valence-corrected chi connectivity index (χ0v) is 12.0. The monoisotopic (exact) mass is 284 g/mol. The Balaban J connectivity index is 1.61. The number of pyridine rings is 1. The van der Waals surface area contributed by atoms with E-state index in [1.807, 2.05) is 30.3 Å². The highest BCUT2D eigenvalue weighted by Crippen LogP contribution is 2.18. The summed E-state index contributed by atoms with van der Waals surface area (Å²) in [6.07, 6.45) is 4.50. The van der Waals surface area contributed by atoms with E-state index in [1.165, 1.54) is 0 Å². The van der Waals surface area contributed by atoms with Gasteiger partial charge in [0.05, 0.1) is 18.2 Å². The lowest BCUT2D eigenvalue weighted by molar-refractivity contribution is 0.0314. The lowest BCUT2D eigenvalue weighted by Crippen LogP contribution is -2.32. The molecule has 0 spiro atoms. The van der Waals surface area contributed by atoms with Crippen LogP contribution in [0.15, 0.2) is 36.5 Å². The summed E-state index contributed by atoms with van der Waals surface area (Å²) in [6.45, 7) is 2.50. The molecule has 1 aliphatic rings. The Morgan fingerprint density at radius 1 is 1.24 bits per heavy atom. The number of rotatable bonds is 5. The fourth-order valence-electron chi connectivity index (χ4n) is 2.74. The number of hydrogen-bond donors (Lipinski definition) is 1. The van der Waals surface area contributed by atoms with Gasteiger partial charge in [0.25, 0.3) is 0 Å². The number of benzene rings is 1. The van der Waals surface area contributed by atoms with E-state index < -0.39 is 0 Å². The number of carbonyl (C=O) groups excluding carboxylic acids is 1. The van der Waals surface area contributed by atoms with Crippen LogP contribution in [-0.4, -0.2) is 36.6 Å². The van der Waals surface area contributed by atoms with Gasteiger partial charge in [-0.3, -0.25) is 9.78 Å². The van der Waals surface area contributed by atoms with Crippen molar-refractivity contribution < 1.29 is 9.53 Å². The Morgan fingerprint density at radius 3 is 2.90 bits per heavy atom. The SMILES string of the molecule is O=C(CCOC1CCNCC1)c1cccc2cccnc12. The second-order valence-electron chi connectivity index (χ2n) is 5.37. The van der Waals surface area contributed by atoms with E-state index in [1.54, 1.807) is 6.20 Å². The van der Waals surface area contributed by atoms with Crippen LogP contribution in [0, 0.1) is 0 Å². The van der Waals surface area contributed by atoms with Crippen molar-refractivity contribution in [1.82, 2.24) is 10.3 Å². The van der Waals surface area contributed by atoms with Crippen LogP contribution in [0.2, 0.25) is 0 Å². The van der Waals surface area contributed by atoms with Gasteiger partial charge < -0.3 is 10.1 Å². The number of carbonyl (C=O) groups is 1. The van der Waals surface area contributed by atoms with Crippen molar-refractivity contribution in [2.24, 2.45) is 0 Å². The van der Waals surface area contributed by atoms with Crippen molar-refractivity contribution in [3.05, 3.63) is 42.1 Å². The van der Waals surface area contributed by atoms with Gasteiger partial charge >= 0.3 is 0 Å². The van der Waals surface area contributed by atoms with Crippen molar-refractivity contribution in [3.63, 3.8) is 0 Å². The van der Waals surface area contributed by atoms with E-state index in [4.69, 9.17) is 4.74 Å². The molecule has 0 bridgehead atoms. The van der Waals surface area contributed by atoms with Gasteiger partial charge in [-0.25, -0.2) is 0 Å². The Morgan fingerprint density at radius 2 is 2.05 bits per heavy atom. The van der Waals surface area contributed by atoms with E-state index in [0.717, 1.165) is 36.8 Å². The Labute approximate surface area is 124 Å². The number of nitrogens with zero attached hydrogens (tertiary/aromatic N) is 1. The molecule has 1 fully saturated rings. The summed E-state index contributed by atoms with van der Waals surface area (Å²) in [4.78, 5) is 16.7. The largest absolute Gasteiger partial charge is 0.378 e. The molecule has 4 nitrogen and oxygen atoms in total. The van der Waals surface area contributed by atoms with Crippen LogP contribution in [-0.2, 0) is 4.74 Å². The van der Waals surface area contributed by atoms with Gasteiger partial charge in [0.15, 0.2) is 5.78 Å². The Hall–Kier alpha value is -1.78. The van der Waals surface area contributed by atoms with Gasteiger partial charge in [-0.2, -0.15) is 0 Å². The molecule has 2 aromatic rings. The molecule has 0 amide bonds. The highest BCUT2D eigenvalue weighted by Gasteiger charge is 2.15. The number of para-hydroxylation sites is 1. The quantitative estimate of drug-likeness (QED) is 0.857. The van der Waals surface area contributed by atoms with E-state index in [0.29, 0.717) is 24.7 Å². The van der Waals surface area contributed by atoms with Crippen LogP contribution in [0.25, 0.3) is 10.9 Å². The van der Waals surface area contributed by atoms with Crippen molar-refractivity contribution in [2.45, 2.75) is 25.4 Å². The number of aromatic nitrogens is 1. The molecule has 1 aliphatic heterocycles. The average Bonchev–Trinajstić information content (AvgIpc) is 2.55. The summed E-state index contributed by atoms with van der Waals surface area (Å²) in [7, 11) is 0. The number of piperidine rings is 1. The molecule has 1 aromatic carbocycles. The van der Waals surface area contributed by atoms with E-state index in [2.05, 4.69) is 10.3 Å². The number of nitrogens with one attached hydrogen (secondary N) is 1. The molecule has 2 heterocycles. The zero-order chi connectivity index (χ0) is 14.5. The van der Waals surface area contributed by atoms with Crippen molar-refractivity contribution in [1.29, 1.82) is 0 Å². The number of hydrogen-bond acceptors (Lipinski definition) is 4. The minimum atomic E-state index is 0.105. The molecule has 1 N–H and O–H groups in total. The fourth-order valence-corrected chi connectivity index (χ4v) is 2.74. The summed E-state index contributed by atoms with van der Waals surface area (Å²) in [5.41, 5.74) is 1.48. The highest BCUT2D eigenvalue weighted by atomic mass is 16.5. The van der Waals surface area contributed by atoms with Crippen molar-refractivity contribution in [2.75, 3.05) is 19.7 Å². The topological polar surface area (TPSA) is 51.2 Å². The molecule has 3 rings (SSSR count). The first-order chi connectivity index (χ1) is 10.3. The van der Waals surface area contributed by atoms with E-state index in [-0.39, 0.29) is 5.78 Å². The first kappa shape index (κ1) is 14.2. The molecule has 0 saturated carbocycles. The molecule has 0 radical (unpaired) electrons. The Kier molecular flexibility index (Phi) is 4.58. The maximum atomic E-state index is 12.4. The molecule has 0 atom stereocenters. The summed E-state index contributed by atoms with van der Waals surface area (Å²) >= 11 is 0. The summed E-state index contributed by atoms with van der Waals surface area (Å²) < 4.78 is 5.81. The zero-order valence-electron chi connectivity index (χ0n) is 12.0.